The second-order valence-electron chi connectivity index (χ2n) is 5.39. The largest absolute Gasteiger partial charge is 0.351 e. The van der Waals surface area contributed by atoms with Gasteiger partial charge >= 0.3 is 0 Å². The molecular weight excluding hydrogens is 216 g/mol. The van der Waals surface area contributed by atoms with E-state index in [-0.39, 0.29) is 17.4 Å². The van der Waals surface area contributed by atoms with Crippen LogP contribution in [0.4, 0.5) is 5.82 Å². The molecule has 0 radical (unpaired) electrons. The third kappa shape index (κ3) is 2.72. The van der Waals surface area contributed by atoms with Crippen molar-refractivity contribution in [3.8, 4) is 0 Å². The zero-order chi connectivity index (χ0) is 12.5. The average Bonchev–Trinajstić information content (AvgIpc) is 2.22. The SMILES string of the molecule is CC(C)(C)C(=O)NC1CN(c2cnccn2)C1. The van der Waals surface area contributed by atoms with Gasteiger partial charge in [0.25, 0.3) is 0 Å². The van der Waals surface area contributed by atoms with Crippen molar-refractivity contribution < 1.29 is 4.79 Å². The van der Waals surface area contributed by atoms with E-state index in [0.717, 1.165) is 18.9 Å². The number of carbonyl (C=O) groups is 1. The van der Waals surface area contributed by atoms with Crippen LogP contribution in [0.25, 0.3) is 0 Å². The Hall–Kier alpha value is -1.65. The molecule has 1 N–H and O–H groups in total. The fourth-order valence-electron chi connectivity index (χ4n) is 1.61. The molecule has 17 heavy (non-hydrogen) atoms. The van der Waals surface area contributed by atoms with Gasteiger partial charge in [0, 0.05) is 30.9 Å². The fraction of sp³-hybridized carbons (Fsp3) is 0.583. The summed E-state index contributed by atoms with van der Waals surface area (Å²) in [5.41, 5.74) is -0.326. The molecule has 0 spiro atoms. The Morgan fingerprint density at radius 3 is 2.65 bits per heavy atom. The minimum absolute atomic E-state index is 0.0984. The molecule has 1 fully saturated rings. The van der Waals surface area contributed by atoms with Crippen LogP contribution in [-0.2, 0) is 4.79 Å². The Bertz CT molecular complexity index is 393. The van der Waals surface area contributed by atoms with E-state index in [9.17, 15) is 4.79 Å². The van der Waals surface area contributed by atoms with Crippen molar-refractivity contribution in [1.82, 2.24) is 15.3 Å². The Balaban J connectivity index is 1.82. The van der Waals surface area contributed by atoms with Crippen LogP contribution in [0.3, 0.4) is 0 Å². The molecule has 0 saturated carbocycles. The van der Waals surface area contributed by atoms with Gasteiger partial charge in [0.1, 0.15) is 5.82 Å². The number of aromatic nitrogens is 2. The molecule has 1 amide bonds. The summed E-state index contributed by atoms with van der Waals surface area (Å²) >= 11 is 0. The number of hydrogen-bond acceptors (Lipinski definition) is 4. The molecule has 0 aromatic carbocycles. The smallest absolute Gasteiger partial charge is 0.225 e. The summed E-state index contributed by atoms with van der Waals surface area (Å²) in [6, 6.07) is 0.226. The molecule has 0 unspecified atom stereocenters. The lowest BCUT2D eigenvalue weighted by Gasteiger charge is -2.41. The lowest BCUT2D eigenvalue weighted by molar-refractivity contribution is -0.129. The first-order chi connectivity index (χ1) is 7.97. The highest BCUT2D eigenvalue weighted by atomic mass is 16.2. The molecule has 92 valence electrons. The van der Waals surface area contributed by atoms with Crippen LogP contribution in [0.5, 0.6) is 0 Å². The molecule has 2 heterocycles. The molecule has 1 aromatic heterocycles. The minimum Gasteiger partial charge on any atom is -0.351 e. The van der Waals surface area contributed by atoms with Gasteiger partial charge < -0.3 is 10.2 Å². The van der Waals surface area contributed by atoms with Gasteiger partial charge in [-0.2, -0.15) is 0 Å². The van der Waals surface area contributed by atoms with Crippen molar-refractivity contribution in [2.24, 2.45) is 5.41 Å². The fourth-order valence-corrected chi connectivity index (χ4v) is 1.61. The Morgan fingerprint density at radius 1 is 1.41 bits per heavy atom. The number of carbonyl (C=O) groups excluding carboxylic acids is 1. The Labute approximate surface area is 101 Å². The van der Waals surface area contributed by atoms with Crippen molar-refractivity contribution in [3.63, 3.8) is 0 Å². The number of anilines is 1. The Morgan fingerprint density at radius 2 is 2.12 bits per heavy atom. The molecule has 0 atom stereocenters. The second-order valence-corrected chi connectivity index (χ2v) is 5.39. The van der Waals surface area contributed by atoms with Gasteiger partial charge in [-0.3, -0.25) is 9.78 Å². The van der Waals surface area contributed by atoms with Crippen molar-refractivity contribution >= 4 is 11.7 Å². The molecule has 5 heteroatoms. The van der Waals surface area contributed by atoms with E-state index >= 15 is 0 Å². The van der Waals surface area contributed by atoms with Crippen LogP contribution < -0.4 is 10.2 Å². The third-order valence-corrected chi connectivity index (χ3v) is 2.77. The standard InChI is InChI=1S/C12H18N4O/c1-12(2,3)11(17)15-9-7-16(8-9)10-6-13-4-5-14-10/h4-6,9H,7-8H2,1-3H3,(H,15,17). The predicted molar refractivity (Wildman–Crippen MR) is 65.6 cm³/mol. The van der Waals surface area contributed by atoms with Crippen LogP contribution in [-0.4, -0.2) is 35.0 Å². The molecule has 1 aromatic rings. The third-order valence-electron chi connectivity index (χ3n) is 2.77. The maximum absolute atomic E-state index is 11.8. The van der Waals surface area contributed by atoms with Gasteiger partial charge in [-0.05, 0) is 0 Å². The number of nitrogens with zero attached hydrogens (tertiary/aromatic N) is 3. The lowest BCUT2D eigenvalue weighted by Crippen LogP contribution is -2.61. The van der Waals surface area contributed by atoms with Crippen LogP contribution in [0.2, 0.25) is 0 Å². The zero-order valence-corrected chi connectivity index (χ0v) is 10.5. The summed E-state index contributed by atoms with van der Waals surface area (Å²) in [5, 5.41) is 3.03. The molecule has 1 aliphatic heterocycles. The van der Waals surface area contributed by atoms with Crippen molar-refractivity contribution in [2.45, 2.75) is 26.8 Å². The average molecular weight is 234 g/mol. The summed E-state index contributed by atoms with van der Waals surface area (Å²) in [5.74, 6) is 0.968. The van der Waals surface area contributed by atoms with E-state index in [1.807, 2.05) is 20.8 Å². The quantitative estimate of drug-likeness (QED) is 0.823. The van der Waals surface area contributed by atoms with E-state index in [0.29, 0.717) is 0 Å². The van der Waals surface area contributed by atoms with Crippen molar-refractivity contribution in [2.75, 3.05) is 18.0 Å². The molecule has 5 nitrogen and oxygen atoms in total. The molecule has 2 rings (SSSR count). The first-order valence-corrected chi connectivity index (χ1v) is 5.79. The highest BCUT2D eigenvalue weighted by Gasteiger charge is 2.32. The van der Waals surface area contributed by atoms with Crippen molar-refractivity contribution in [3.05, 3.63) is 18.6 Å². The van der Waals surface area contributed by atoms with Crippen LogP contribution in [0.1, 0.15) is 20.8 Å². The zero-order valence-electron chi connectivity index (χ0n) is 10.5. The molecule has 0 aliphatic carbocycles. The summed E-state index contributed by atoms with van der Waals surface area (Å²) in [6.45, 7) is 7.37. The molecule has 0 bridgehead atoms. The van der Waals surface area contributed by atoms with Gasteiger partial charge in [0.2, 0.25) is 5.91 Å². The van der Waals surface area contributed by atoms with Crippen LogP contribution in [0.15, 0.2) is 18.6 Å². The molecule has 1 saturated heterocycles. The van der Waals surface area contributed by atoms with Gasteiger partial charge in [0.15, 0.2) is 0 Å². The summed E-state index contributed by atoms with van der Waals surface area (Å²) in [6.07, 6.45) is 5.07. The lowest BCUT2D eigenvalue weighted by atomic mass is 9.94. The first kappa shape index (κ1) is 11.8. The summed E-state index contributed by atoms with van der Waals surface area (Å²) < 4.78 is 0. The number of hydrogen-bond donors (Lipinski definition) is 1. The van der Waals surface area contributed by atoms with Crippen LogP contribution in [0, 0.1) is 5.41 Å². The number of nitrogens with one attached hydrogen (secondary N) is 1. The van der Waals surface area contributed by atoms with E-state index in [1.165, 1.54) is 0 Å². The minimum atomic E-state index is -0.326. The highest BCUT2D eigenvalue weighted by Crippen LogP contribution is 2.19. The van der Waals surface area contributed by atoms with Gasteiger partial charge in [-0.25, -0.2) is 4.98 Å². The van der Waals surface area contributed by atoms with E-state index in [4.69, 9.17) is 0 Å². The second kappa shape index (κ2) is 4.31. The Kier molecular flexibility index (Phi) is 3.00. The first-order valence-electron chi connectivity index (χ1n) is 5.79. The maximum atomic E-state index is 11.8. The van der Waals surface area contributed by atoms with Gasteiger partial charge in [-0.1, -0.05) is 20.8 Å². The normalized spacial score (nSPS) is 16.5. The summed E-state index contributed by atoms with van der Waals surface area (Å²) in [4.78, 5) is 22.1. The van der Waals surface area contributed by atoms with Crippen LogP contribution >= 0.6 is 0 Å². The topological polar surface area (TPSA) is 58.1 Å². The summed E-state index contributed by atoms with van der Waals surface area (Å²) in [7, 11) is 0. The maximum Gasteiger partial charge on any atom is 0.225 e. The van der Waals surface area contributed by atoms with E-state index in [2.05, 4.69) is 20.2 Å². The molecule has 1 aliphatic rings. The number of amides is 1. The highest BCUT2D eigenvalue weighted by molar-refractivity contribution is 5.82. The van der Waals surface area contributed by atoms with Gasteiger partial charge in [0.05, 0.1) is 12.2 Å². The van der Waals surface area contributed by atoms with E-state index in [1.54, 1.807) is 18.6 Å². The predicted octanol–water partition coefficient (Wildman–Crippen LogP) is 0.827. The monoisotopic (exact) mass is 234 g/mol. The van der Waals surface area contributed by atoms with Crippen molar-refractivity contribution in [1.29, 1.82) is 0 Å². The number of rotatable bonds is 2. The van der Waals surface area contributed by atoms with E-state index < -0.39 is 0 Å². The van der Waals surface area contributed by atoms with Gasteiger partial charge in [-0.15, -0.1) is 0 Å². The molecular formula is C12H18N4O.